The third-order valence-corrected chi connectivity index (χ3v) is 9.73. The highest BCUT2D eigenvalue weighted by molar-refractivity contribution is 7.23. The Hall–Kier alpha value is -2.49. The Morgan fingerprint density at radius 2 is 1.67 bits per heavy atom. The van der Waals surface area contributed by atoms with Gasteiger partial charge in [-0.1, -0.05) is 54.6 Å². The summed E-state index contributed by atoms with van der Waals surface area (Å²) in [4.78, 5) is 11.5. The highest BCUT2D eigenvalue weighted by atomic mass is 32.1. The van der Waals surface area contributed by atoms with E-state index in [1.54, 1.807) is 17.5 Å². The van der Waals surface area contributed by atoms with E-state index in [4.69, 9.17) is 10.7 Å². The van der Waals surface area contributed by atoms with Gasteiger partial charge in [-0.25, -0.2) is 14.4 Å². The van der Waals surface area contributed by atoms with Gasteiger partial charge in [-0.2, -0.15) is 0 Å². The van der Waals surface area contributed by atoms with Crippen LogP contribution >= 0.6 is 22.7 Å². The van der Waals surface area contributed by atoms with E-state index in [9.17, 15) is 5.11 Å². The van der Waals surface area contributed by atoms with Crippen molar-refractivity contribution in [1.82, 2.24) is 15.3 Å². The maximum Gasteiger partial charge on any atom is 0.164 e. The average Bonchev–Trinajstić information content (AvgIpc) is 3.52. The molecule has 0 bridgehead atoms. The third-order valence-electron chi connectivity index (χ3n) is 7.28. The van der Waals surface area contributed by atoms with Gasteiger partial charge in [-0.15, -0.1) is 22.7 Å². The van der Waals surface area contributed by atoms with E-state index in [1.165, 1.54) is 11.3 Å². The summed E-state index contributed by atoms with van der Waals surface area (Å²) in [7, 11) is 0. The molecule has 36 heavy (non-hydrogen) atoms. The Kier molecular flexibility index (Phi) is 5.85. The van der Waals surface area contributed by atoms with Crippen molar-refractivity contribution in [2.75, 3.05) is 13.1 Å². The molecule has 1 aliphatic heterocycles. The van der Waals surface area contributed by atoms with E-state index < -0.39 is 16.8 Å². The summed E-state index contributed by atoms with van der Waals surface area (Å²) < 4.78 is 15.5. The Labute approximate surface area is 218 Å². The van der Waals surface area contributed by atoms with E-state index in [2.05, 4.69) is 34.6 Å². The number of hydrogen-bond acceptors (Lipinski definition) is 7. The Bertz CT molecular complexity index is 1370. The second kappa shape index (κ2) is 8.82. The minimum atomic E-state index is -1.36. The zero-order chi connectivity index (χ0) is 25.0. The molecule has 2 aromatic carbocycles. The number of nitrogens with one attached hydrogen (secondary N) is 1. The molecule has 2 aromatic heterocycles. The molecule has 4 N–H and O–H groups in total. The van der Waals surface area contributed by atoms with E-state index >= 15 is 4.39 Å². The summed E-state index contributed by atoms with van der Waals surface area (Å²) in [6.45, 7) is 3.17. The highest BCUT2D eigenvalue weighted by Crippen LogP contribution is 2.48. The number of piperidine rings is 1. The summed E-state index contributed by atoms with van der Waals surface area (Å²) >= 11 is 3.03. The molecule has 1 saturated heterocycles. The quantitative estimate of drug-likeness (QED) is 0.308. The summed E-state index contributed by atoms with van der Waals surface area (Å²) in [6, 6.07) is 18.4. The van der Waals surface area contributed by atoms with E-state index in [1.807, 2.05) is 37.3 Å². The summed E-state index contributed by atoms with van der Waals surface area (Å²) in [5, 5.41) is 14.8. The monoisotopic (exact) mass is 520 g/mol. The van der Waals surface area contributed by atoms with Crippen molar-refractivity contribution < 1.29 is 9.50 Å². The standard InChI is InChI=1S/C28H29FN4OS2/c1-26(34)16-28(30,17-26)20-9-7-18(8-10-20)22-23(19-5-3-2-4-6-19)36-24(33-22)21-15-32-25(35-21)27(29)11-13-31-14-12-27/h2-10,15,31,34H,11-14,16-17,30H2,1H3/t26-,28-. The first-order valence-electron chi connectivity index (χ1n) is 12.3. The van der Waals surface area contributed by atoms with Crippen LogP contribution in [0.1, 0.15) is 43.2 Å². The Morgan fingerprint density at radius 3 is 2.33 bits per heavy atom. The van der Waals surface area contributed by atoms with Gasteiger partial charge in [0.2, 0.25) is 0 Å². The van der Waals surface area contributed by atoms with Crippen LogP contribution in [0.3, 0.4) is 0 Å². The molecule has 0 amide bonds. The predicted octanol–water partition coefficient (Wildman–Crippen LogP) is 5.85. The third kappa shape index (κ3) is 4.31. The highest BCUT2D eigenvalue weighted by Gasteiger charge is 2.49. The molecule has 8 heteroatoms. The SMILES string of the molecule is C[C@]1(O)C[C@@](N)(c2ccc(-c3nc(-c4cnc(C5(F)CCNCC5)s4)sc3-c3ccccc3)cc2)C1. The van der Waals surface area contributed by atoms with Gasteiger partial charge in [0.25, 0.3) is 0 Å². The van der Waals surface area contributed by atoms with Gasteiger partial charge in [-0.05, 0) is 44.0 Å². The molecule has 2 fully saturated rings. The number of halogens is 1. The van der Waals surface area contributed by atoms with Crippen LogP contribution in [0.2, 0.25) is 0 Å². The molecule has 1 aliphatic carbocycles. The van der Waals surface area contributed by atoms with Crippen molar-refractivity contribution in [3.63, 3.8) is 0 Å². The lowest BCUT2D eigenvalue weighted by Gasteiger charge is -2.49. The summed E-state index contributed by atoms with van der Waals surface area (Å²) in [5.41, 5.74) is 8.01. The minimum absolute atomic E-state index is 0.447. The van der Waals surface area contributed by atoms with Crippen LogP contribution in [-0.2, 0) is 11.2 Å². The van der Waals surface area contributed by atoms with Gasteiger partial charge in [0, 0.05) is 30.1 Å². The lowest BCUT2D eigenvalue weighted by atomic mass is 9.63. The smallest absolute Gasteiger partial charge is 0.164 e. The normalized spacial score (nSPS) is 25.4. The lowest BCUT2D eigenvalue weighted by Crippen LogP contribution is -2.58. The van der Waals surface area contributed by atoms with Crippen LogP contribution in [-0.4, -0.2) is 33.8 Å². The molecule has 6 rings (SSSR count). The van der Waals surface area contributed by atoms with E-state index in [0.29, 0.717) is 43.8 Å². The zero-order valence-corrected chi connectivity index (χ0v) is 21.8. The molecule has 0 atom stereocenters. The molecule has 186 valence electrons. The van der Waals surface area contributed by atoms with Crippen molar-refractivity contribution in [1.29, 1.82) is 0 Å². The fraction of sp³-hybridized carbons (Fsp3) is 0.357. The number of aliphatic hydroxyl groups is 1. The number of nitrogens with zero attached hydrogens (tertiary/aromatic N) is 2. The molecule has 1 saturated carbocycles. The van der Waals surface area contributed by atoms with Gasteiger partial charge in [0.15, 0.2) is 5.67 Å². The maximum absolute atomic E-state index is 15.5. The van der Waals surface area contributed by atoms with Crippen LogP contribution in [0.4, 0.5) is 4.39 Å². The zero-order valence-electron chi connectivity index (χ0n) is 20.1. The minimum Gasteiger partial charge on any atom is -0.390 e. The second-order valence-corrected chi connectivity index (χ2v) is 12.4. The number of alkyl halides is 1. The van der Waals surface area contributed by atoms with E-state index in [0.717, 1.165) is 37.1 Å². The van der Waals surface area contributed by atoms with Gasteiger partial charge in [0.1, 0.15) is 10.0 Å². The molecule has 5 nitrogen and oxygen atoms in total. The number of thiazole rings is 2. The number of nitrogens with two attached hydrogens (primary N) is 1. The first-order valence-corrected chi connectivity index (χ1v) is 13.9. The van der Waals surface area contributed by atoms with Crippen LogP contribution in [0.15, 0.2) is 60.8 Å². The first-order chi connectivity index (χ1) is 17.2. The Balaban J connectivity index is 1.36. The molecule has 0 spiro atoms. The van der Waals surface area contributed by atoms with Gasteiger partial charge >= 0.3 is 0 Å². The van der Waals surface area contributed by atoms with Crippen LogP contribution in [0.25, 0.3) is 31.6 Å². The number of hydrogen-bond donors (Lipinski definition) is 3. The topological polar surface area (TPSA) is 84.1 Å². The van der Waals surface area contributed by atoms with Crippen molar-refractivity contribution in [2.45, 2.75) is 49.4 Å². The van der Waals surface area contributed by atoms with E-state index in [-0.39, 0.29) is 0 Å². The number of benzene rings is 2. The molecular weight excluding hydrogens is 491 g/mol. The maximum atomic E-state index is 15.5. The molecule has 0 radical (unpaired) electrons. The summed E-state index contributed by atoms with van der Waals surface area (Å²) in [6.07, 6.45) is 3.76. The first kappa shape index (κ1) is 23.9. The van der Waals surface area contributed by atoms with Gasteiger partial charge in [-0.3, -0.25) is 0 Å². The number of rotatable bonds is 5. The van der Waals surface area contributed by atoms with Crippen molar-refractivity contribution in [3.8, 4) is 31.6 Å². The average molecular weight is 521 g/mol. The Morgan fingerprint density at radius 1 is 0.972 bits per heavy atom. The van der Waals surface area contributed by atoms with Gasteiger partial charge < -0.3 is 16.2 Å². The fourth-order valence-corrected chi connectivity index (χ4v) is 7.68. The molecule has 0 unspecified atom stereocenters. The van der Waals surface area contributed by atoms with Crippen molar-refractivity contribution in [3.05, 3.63) is 71.4 Å². The predicted molar refractivity (Wildman–Crippen MR) is 145 cm³/mol. The largest absolute Gasteiger partial charge is 0.390 e. The van der Waals surface area contributed by atoms with Gasteiger partial charge in [0.05, 0.1) is 21.0 Å². The van der Waals surface area contributed by atoms with Crippen LogP contribution in [0.5, 0.6) is 0 Å². The fourth-order valence-electron chi connectivity index (χ4n) is 5.49. The molecule has 4 aromatic rings. The van der Waals surface area contributed by atoms with Crippen molar-refractivity contribution >= 4 is 22.7 Å². The lowest BCUT2D eigenvalue weighted by molar-refractivity contribution is -0.0738. The molecule has 2 aliphatic rings. The second-order valence-electron chi connectivity index (χ2n) is 10.4. The number of aromatic nitrogens is 2. The van der Waals surface area contributed by atoms with Crippen LogP contribution in [0, 0.1) is 0 Å². The summed E-state index contributed by atoms with van der Waals surface area (Å²) in [5.74, 6) is 0. The van der Waals surface area contributed by atoms with Crippen molar-refractivity contribution in [2.24, 2.45) is 5.73 Å². The molecular formula is C28H29FN4OS2. The molecule has 3 heterocycles. The van der Waals surface area contributed by atoms with Crippen LogP contribution < -0.4 is 11.1 Å².